The van der Waals surface area contributed by atoms with Gasteiger partial charge in [-0.3, -0.25) is 4.48 Å². The van der Waals surface area contributed by atoms with Crippen LogP contribution in [0.4, 0.5) is 5.69 Å². The fourth-order valence-electron chi connectivity index (χ4n) is 3.50. The molecule has 0 bridgehead atoms. The molecule has 1 aromatic carbocycles. The minimum atomic E-state index is -0.546. The number of pyridine rings is 1. The van der Waals surface area contributed by atoms with Crippen LogP contribution in [0.2, 0.25) is 5.15 Å². The van der Waals surface area contributed by atoms with Crippen molar-refractivity contribution >= 4 is 17.3 Å². The van der Waals surface area contributed by atoms with Crippen molar-refractivity contribution in [1.29, 1.82) is 5.26 Å². The van der Waals surface area contributed by atoms with E-state index >= 15 is 0 Å². The van der Waals surface area contributed by atoms with Gasteiger partial charge in [0.25, 0.3) is 0 Å². The SMILES string of the molecule is COc1ccc([N+]2(C)CCC(C#N)(c3cccnc3Cl)CC2)cc1. The Morgan fingerprint density at radius 2 is 1.88 bits per heavy atom. The average Bonchev–Trinajstić information content (AvgIpc) is 2.63. The lowest BCUT2D eigenvalue weighted by molar-refractivity contribution is 0.221. The highest BCUT2D eigenvalue weighted by Crippen LogP contribution is 2.41. The van der Waals surface area contributed by atoms with Crippen molar-refractivity contribution in [1.82, 2.24) is 9.47 Å². The Hall–Kier alpha value is -2.09. The van der Waals surface area contributed by atoms with Gasteiger partial charge in [-0.25, -0.2) is 4.98 Å². The molecular weight excluding hydrogens is 322 g/mol. The molecule has 0 saturated carbocycles. The standard InChI is InChI=1S/C19H21ClN3O/c1-23(15-5-7-16(24-2)8-6-15)12-9-19(14-21,10-13-23)17-4-3-11-22-18(17)20/h3-8,11H,9-10,12-13H2,1-2H3/q+1. The first kappa shape index (κ1) is 16.8. The minimum Gasteiger partial charge on any atom is -0.497 e. The number of piperidine rings is 1. The van der Waals surface area contributed by atoms with E-state index in [-0.39, 0.29) is 0 Å². The average molecular weight is 343 g/mol. The summed E-state index contributed by atoms with van der Waals surface area (Å²) in [6.07, 6.45) is 3.19. The third-order valence-corrected chi connectivity index (χ3v) is 5.55. The number of nitrogens with zero attached hydrogens (tertiary/aromatic N) is 3. The van der Waals surface area contributed by atoms with Crippen molar-refractivity contribution < 1.29 is 4.74 Å². The van der Waals surface area contributed by atoms with E-state index in [1.807, 2.05) is 24.3 Å². The van der Waals surface area contributed by atoms with Crippen molar-refractivity contribution in [2.24, 2.45) is 0 Å². The summed E-state index contributed by atoms with van der Waals surface area (Å²) >= 11 is 6.27. The smallest absolute Gasteiger partial charge is 0.133 e. The molecule has 0 aliphatic carbocycles. The van der Waals surface area contributed by atoms with Gasteiger partial charge in [0, 0.05) is 36.7 Å². The lowest BCUT2D eigenvalue weighted by atomic mass is 9.74. The van der Waals surface area contributed by atoms with Crippen LogP contribution < -0.4 is 9.22 Å². The molecule has 1 aliphatic rings. The third kappa shape index (κ3) is 2.86. The number of likely N-dealkylation sites (tertiary alicyclic amines) is 1. The number of hydrogen-bond donors (Lipinski definition) is 0. The fourth-order valence-corrected chi connectivity index (χ4v) is 3.80. The normalized spacial score (nSPS) is 26.6. The molecule has 5 heteroatoms. The summed E-state index contributed by atoms with van der Waals surface area (Å²) in [5, 5.41) is 10.3. The predicted octanol–water partition coefficient (Wildman–Crippen LogP) is 3.94. The number of methoxy groups -OCH3 is 1. The van der Waals surface area contributed by atoms with Crippen LogP contribution in [0.5, 0.6) is 5.75 Å². The molecule has 24 heavy (non-hydrogen) atoms. The lowest BCUT2D eigenvalue weighted by Gasteiger charge is -2.43. The monoisotopic (exact) mass is 342 g/mol. The minimum absolute atomic E-state index is 0.444. The van der Waals surface area contributed by atoms with Gasteiger partial charge in [0.15, 0.2) is 0 Å². The highest BCUT2D eigenvalue weighted by Gasteiger charge is 2.44. The lowest BCUT2D eigenvalue weighted by Crippen LogP contribution is -2.54. The summed E-state index contributed by atoms with van der Waals surface area (Å²) in [6, 6.07) is 14.5. The number of halogens is 1. The van der Waals surface area contributed by atoms with Crippen LogP contribution in [-0.4, -0.2) is 32.2 Å². The second-order valence-electron chi connectivity index (χ2n) is 6.58. The zero-order valence-electron chi connectivity index (χ0n) is 14.0. The van der Waals surface area contributed by atoms with Crippen molar-refractivity contribution in [3.8, 4) is 11.8 Å². The van der Waals surface area contributed by atoms with Gasteiger partial charge >= 0.3 is 0 Å². The number of aromatic nitrogens is 1. The van der Waals surface area contributed by atoms with Crippen molar-refractivity contribution in [2.45, 2.75) is 18.3 Å². The van der Waals surface area contributed by atoms with Crippen molar-refractivity contribution in [3.05, 3.63) is 53.3 Å². The van der Waals surface area contributed by atoms with Gasteiger partial charge in [-0.1, -0.05) is 17.7 Å². The van der Waals surface area contributed by atoms with Gasteiger partial charge < -0.3 is 4.74 Å². The second kappa shape index (κ2) is 6.43. The molecule has 0 N–H and O–H groups in total. The maximum absolute atomic E-state index is 9.87. The predicted molar refractivity (Wildman–Crippen MR) is 96.2 cm³/mol. The molecule has 3 rings (SSSR count). The van der Waals surface area contributed by atoms with Crippen molar-refractivity contribution in [3.63, 3.8) is 0 Å². The molecule has 0 unspecified atom stereocenters. The molecule has 2 aromatic rings. The first-order chi connectivity index (χ1) is 11.5. The number of ether oxygens (including phenoxy) is 1. The van der Waals surface area contributed by atoms with Crippen LogP contribution >= 0.6 is 11.6 Å². The molecule has 4 nitrogen and oxygen atoms in total. The number of nitriles is 1. The van der Waals surface area contributed by atoms with Crippen LogP contribution in [0.15, 0.2) is 42.6 Å². The summed E-state index contributed by atoms with van der Waals surface area (Å²) in [6.45, 7) is 1.76. The van der Waals surface area contributed by atoms with Gasteiger partial charge in [-0.05, 0) is 18.2 Å². The molecule has 124 valence electrons. The molecule has 1 fully saturated rings. The molecule has 0 radical (unpaired) electrons. The van der Waals surface area contributed by atoms with E-state index in [4.69, 9.17) is 16.3 Å². The fraction of sp³-hybridized carbons (Fsp3) is 0.368. The zero-order valence-corrected chi connectivity index (χ0v) is 14.8. The third-order valence-electron chi connectivity index (χ3n) is 5.25. The van der Waals surface area contributed by atoms with E-state index in [9.17, 15) is 5.26 Å². The van der Waals surface area contributed by atoms with Crippen LogP contribution in [0.1, 0.15) is 18.4 Å². The molecular formula is C19H21ClN3O+. The van der Waals surface area contributed by atoms with E-state index in [1.165, 1.54) is 5.69 Å². The Morgan fingerprint density at radius 1 is 1.21 bits per heavy atom. The Kier molecular flexibility index (Phi) is 4.49. The zero-order chi connectivity index (χ0) is 17.2. The molecule has 1 aromatic heterocycles. The first-order valence-electron chi connectivity index (χ1n) is 8.04. The van der Waals surface area contributed by atoms with Gasteiger partial charge in [0.05, 0.1) is 38.7 Å². The van der Waals surface area contributed by atoms with Gasteiger partial charge in [-0.15, -0.1) is 0 Å². The van der Waals surface area contributed by atoms with E-state index in [0.717, 1.165) is 41.7 Å². The second-order valence-corrected chi connectivity index (χ2v) is 6.93. The maximum atomic E-state index is 9.87. The molecule has 1 aliphatic heterocycles. The quantitative estimate of drug-likeness (QED) is 0.627. The Balaban J connectivity index is 1.85. The Morgan fingerprint density at radius 3 is 2.42 bits per heavy atom. The number of hydrogen-bond acceptors (Lipinski definition) is 3. The van der Waals surface area contributed by atoms with Crippen molar-refractivity contribution in [2.75, 3.05) is 27.2 Å². The largest absolute Gasteiger partial charge is 0.497 e. The Labute approximate surface area is 147 Å². The molecule has 0 atom stereocenters. The Bertz CT molecular complexity index is 759. The maximum Gasteiger partial charge on any atom is 0.133 e. The number of quaternary nitrogens is 1. The topological polar surface area (TPSA) is 45.9 Å². The van der Waals surface area contributed by atoms with Gasteiger partial charge in [0.1, 0.15) is 16.6 Å². The summed E-state index contributed by atoms with van der Waals surface area (Å²) in [7, 11) is 3.89. The highest BCUT2D eigenvalue weighted by molar-refractivity contribution is 6.30. The summed E-state index contributed by atoms with van der Waals surface area (Å²) in [5.74, 6) is 0.857. The van der Waals surface area contributed by atoms with Gasteiger partial charge in [-0.2, -0.15) is 5.26 Å². The summed E-state index contributed by atoms with van der Waals surface area (Å²) < 4.78 is 6.05. The van der Waals surface area contributed by atoms with E-state index in [1.54, 1.807) is 13.3 Å². The van der Waals surface area contributed by atoms with Crippen LogP contribution in [0.25, 0.3) is 0 Å². The molecule has 0 amide bonds. The first-order valence-corrected chi connectivity index (χ1v) is 8.42. The summed E-state index contributed by atoms with van der Waals surface area (Å²) in [4.78, 5) is 4.16. The molecule has 2 heterocycles. The highest BCUT2D eigenvalue weighted by atomic mass is 35.5. The van der Waals surface area contributed by atoms with E-state index in [0.29, 0.717) is 5.15 Å². The van der Waals surface area contributed by atoms with Crippen LogP contribution in [0, 0.1) is 11.3 Å². The van der Waals surface area contributed by atoms with Crippen LogP contribution in [0.3, 0.4) is 0 Å². The summed E-state index contributed by atoms with van der Waals surface area (Å²) in [5.41, 5.74) is 1.55. The molecule has 0 spiro atoms. The molecule has 1 saturated heterocycles. The van der Waals surface area contributed by atoms with Crippen LogP contribution in [-0.2, 0) is 5.41 Å². The van der Waals surface area contributed by atoms with E-state index in [2.05, 4.69) is 30.2 Å². The number of rotatable bonds is 3. The number of benzene rings is 1. The van der Waals surface area contributed by atoms with Gasteiger partial charge in [0.2, 0.25) is 0 Å². The van der Waals surface area contributed by atoms with E-state index < -0.39 is 5.41 Å².